The number of hydrogen-bond donors (Lipinski definition) is 2. The normalized spacial score (nSPS) is 16.9. The van der Waals surface area contributed by atoms with Gasteiger partial charge in [-0.25, -0.2) is 0 Å². The highest BCUT2D eigenvalue weighted by Gasteiger charge is 2.27. The van der Waals surface area contributed by atoms with Crippen LogP contribution in [0.3, 0.4) is 0 Å². The molecule has 5 heteroatoms. The van der Waals surface area contributed by atoms with E-state index in [1.54, 1.807) is 10.9 Å². The standard InChI is InChI=1S/C18H24N4O/c1-18(7-9-19-10-8-18)14-20-17(23)16-11-21-22(13-16)12-15-5-3-2-4-6-15/h2-6,11,13,19H,7-10,12,14H2,1H3,(H,20,23). The molecule has 2 aromatic rings. The van der Waals surface area contributed by atoms with E-state index in [2.05, 4.69) is 34.8 Å². The maximum absolute atomic E-state index is 12.3. The molecule has 1 aromatic carbocycles. The molecule has 3 rings (SSSR count). The van der Waals surface area contributed by atoms with Gasteiger partial charge in [0.05, 0.1) is 18.3 Å². The van der Waals surface area contributed by atoms with Crippen molar-refractivity contribution in [3.05, 3.63) is 53.9 Å². The second-order valence-electron chi connectivity index (χ2n) is 6.66. The molecular weight excluding hydrogens is 288 g/mol. The number of amides is 1. The van der Waals surface area contributed by atoms with Crippen molar-refractivity contribution in [2.24, 2.45) is 5.41 Å². The van der Waals surface area contributed by atoms with E-state index in [1.807, 2.05) is 24.4 Å². The van der Waals surface area contributed by atoms with E-state index >= 15 is 0 Å². The molecule has 23 heavy (non-hydrogen) atoms. The van der Waals surface area contributed by atoms with E-state index in [9.17, 15) is 4.79 Å². The van der Waals surface area contributed by atoms with Gasteiger partial charge in [-0.2, -0.15) is 5.10 Å². The van der Waals surface area contributed by atoms with Gasteiger partial charge in [-0.3, -0.25) is 9.48 Å². The molecule has 0 atom stereocenters. The van der Waals surface area contributed by atoms with Crippen molar-refractivity contribution >= 4 is 5.91 Å². The molecule has 5 nitrogen and oxygen atoms in total. The summed E-state index contributed by atoms with van der Waals surface area (Å²) in [6.45, 7) is 5.70. The number of rotatable bonds is 5. The van der Waals surface area contributed by atoms with Gasteiger partial charge in [0.2, 0.25) is 0 Å². The first kappa shape index (κ1) is 15.7. The fraction of sp³-hybridized carbons (Fsp3) is 0.444. The molecule has 1 aromatic heterocycles. The van der Waals surface area contributed by atoms with Crippen molar-refractivity contribution in [1.29, 1.82) is 0 Å². The van der Waals surface area contributed by atoms with E-state index in [1.165, 1.54) is 5.56 Å². The lowest BCUT2D eigenvalue weighted by Crippen LogP contribution is -2.42. The average molecular weight is 312 g/mol. The Morgan fingerprint density at radius 1 is 1.30 bits per heavy atom. The molecule has 1 aliphatic rings. The summed E-state index contributed by atoms with van der Waals surface area (Å²) < 4.78 is 1.80. The van der Waals surface area contributed by atoms with Crippen LogP contribution in [0.5, 0.6) is 0 Å². The van der Waals surface area contributed by atoms with Gasteiger partial charge in [0.15, 0.2) is 0 Å². The Kier molecular flexibility index (Phi) is 4.76. The molecule has 0 aliphatic carbocycles. The van der Waals surface area contributed by atoms with E-state index in [0.29, 0.717) is 12.1 Å². The number of carbonyl (C=O) groups is 1. The lowest BCUT2D eigenvalue weighted by atomic mass is 9.81. The Morgan fingerprint density at radius 3 is 2.78 bits per heavy atom. The molecule has 2 heterocycles. The van der Waals surface area contributed by atoms with Gasteiger partial charge in [-0.05, 0) is 36.9 Å². The molecular formula is C18H24N4O. The summed E-state index contributed by atoms with van der Waals surface area (Å²) in [5.74, 6) is -0.0379. The van der Waals surface area contributed by atoms with Gasteiger partial charge < -0.3 is 10.6 Å². The smallest absolute Gasteiger partial charge is 0.254 e. The zero-order valence-corrected chi connectivity index (χ0v) is 13.6. The minimum atomic E-state index is -0.0379. The fourth-order valence-corrected chi connectivity index (χ4v) is 2.94. The fourth-order valence-electron chi connectivity index (χ4n) is 2.94. The number of carbonyl (C=O) groups excluding carboxylic acids is 1. The third kappa shape index (κ3) is 4.20. The molecule has 0 unspecified atom stereocenters. The molecule has 0 saturated carbocycles. The molecule has 0 radical (unpaired) electrons. The third-order valence-corrected chi connectivity index (χ3v) is 4.57. The zero-order valence-electron chi connectivity index (χ0n) is 13.6. The lowest BCUT2D eigenvalue weighted by molar-refractivity contribution is 0.0922. The maximum Gasteiger partial charge on any atom is 0.254 e. The van der Waals surface area contributed by atoms with Gasteiger partial charge in [-0.15, -0.1) is 0 Å². The van der Waals surface area contributed by atoms with Crippen molar-refractivity contribution < 1.29 is 4.79 Å². The minimum Gasteiger partial charge on any atom is -0.351 e. The second kappa shape index (κ2) is 6.96. The summed E-state index contributed by atoms with van der Waals surface area (Å²) >= 11 is 0. The Bertz CT molecular complexity index is 644. The van der Waals surface area contributed by atoms with Crippen LogP contribution >= 0.6 is 0 Å². The number of piperidine rings is 1. The second-order valence-corrected chi connectivity index (χ2v) is 6.66. The van der Waals surface area contributed by atoms with Crippen molar-refractivity contribution in [3.63, 3.8) is 0 Å². The molecule has 1 amide bonds. The van der Waals surface area contributed by atoms with Crippen molar-refractivity contribution in [2.45, 2.75) is 26.3 Å². The first-order chi connectivity index (χ1) is 11.1. The summed E-state index contributed by atoms with van der Waals surface area (Å²) in [5, 5.41) is 10.7. The molecule has 1 fully saturated rings. The minimum absolute atomic E-state index is 0.0379. The van der Waals surface area contributed by atoms with E-state index in [4.69, 9.17) is 0 Å². The Hall–Kier alpha value is -2.14. The van der Waals surface area contributed by atoms with Gasteiger partial charge in [0.1, 0.15) is 0 Å². The zero-order chi connectivity index (χ0) is 16.1. The van der Waals surface area contributed by atoms with Crippen LogP contribution in [-0.2, 0) is 6.54 Å². The number of hydrogen-bond acceptors (Lipinski definition) is 3. The lowest BCUT2D eigenvalue weighted by Gasteiger charge is -2.34. The van der Waals surface area contributed by atoms with E-state index in [0.717, 1.165) is 32.5 Å². The van der Waals surface area contributed by atoms with Gasteiger partial charge in [0, 0.05) is 12.7 Å². The quantitative estimate of drug-likeness (QED) is 0.888. The van der Waals surface area contributed by atoms with Crippen LogP contribution in [-0.4, -0.2) is 35.3 Å². The van der Waals surface area contributed by atoms with Crippen LogP contribution in [0.2, 0.25) is 0 Å². The monoisotopic (exact) mass is 312 g/mol. The topological polar surface area (TPSA) is 59.0 Å². The summed E-state index contributed by atoms with van der Waals surface area (Å²) in [6, 6.07) is 10.1. The van der Waals surface area contributed by atoms with Crippen LogP contribution in [0.1, 0.15) is 35.7 Å². The summed E-state index contributed by atoms with van der Waals surface area (Å²) in [6.07, 6.45) is 5.65. The highest BCUT2D eigenvalue weighted by atomic mass is 16.1. The Balaban J connectivity index is 1.56. The van der Waals surface area contributed by atoms with Gasteiger partial charge in [0.25, 0.3) is 5.91 Å². The Morgan fingerprint density at radius 2 is 2.04 bits per heavy atom. The number of aromatic nitrogens is 2. The maximum atomic E-state index is 12.3. The largest absolute Gasteiger partial charge is 0.351 e. The molecule has 1 aliphatic heterocycles. The SMILES string of the molecule is CC1(CNC(=O)c2cnn(Cc3ccccc3)c2)CCNCC1. The summed E-state index contributed by atoms with van der Waals surface area (Å²) in [4.78, 5) is 12.3. The predicted molar refractivity (Wildman–Crippen MR) is 90.3 cm³/mol. The van der Waals surface area contributed by atoms with Crippen LogP contribution in [0, 0.1) is 5.41 Å². The van der Waals surface area contributed by atoms with Crippen LogP contribution < -0.4 is 10.6 Å². The Labute approximate surface area is 137 Å². The van der Waals surface area contributed by atoms with Crippen molar-refractivity contribution in [1.82, 2.24) is 20.4 Å². The third-order valence-electron chi connectivity index (χ3n) is 4.57. The highest BCUT2D eigenvalue weighted by molar-refractivity contribution is 5.93. The molecule has 122 valence electrons. The first-order valence-electron chi connectivity index (χ1n) is 8.20. The summed E-state index contributed by atoms with van der Waals surface area (Å²) in [7, 11) is 0. The van der Waals surface area contributed by atoms with Crippen LogP contribution in [0.25, 0.3) is 0 Å². The highest BCUT2D eigenvalue weighted by Crippen LogP contribution is 2.26. The number of benzene rings is 1. The molecule has 2 N–H and O–H groups in total. The van der Waals surface area contributed by atoms with E-state index < -0.39 is 0 Å². The predicted octanol–water partition coefficient (Wildman–Crippen LogP) is 2.05. The average Bonchev–Trinajstić information content (AvgIpc) is 3.03. The number of nitrogens with zero attached hydrogens (tertiary/aromatic N) is 2. The summed E-state index contributed by atoms with van der Waals surface area (Å²) in [5.41, 5.74) is 1.99. The van der Waals surface area contributed by atoms with Gasteiger partial charge in [-0.1, -0.05) is 37.3 Å². The molecule has 1 saturated heterocycles. The number of nitrogens with one attached hydrogen (secondary N) is 2. The van der Waals surface area contributed by atoms with Gasteiger partial charge >= 0.3 is 0 Å². The molecule has 0 spiro atoms. The van der Waals surface area contributed by atoms with Crippen molar-refractivity contribution in [3.8, 4) is 0 Å². The van der Waals surface area contributed by atoms with Crippen LogP contribution in [0.4, 0.5) is 0 Å². The van der Waals surface area contributed by atoms with E-state index in [-0.39, 0.29) is 11.3 Å². The first-order valence-corrected chi connectivity index (χ1v) is 8.20. The molecule has 0 bridgehead atoms. The van der Waals surface area contributed by atoms with Crippen molar-refractivity contribution in [2.75, 3.05) is 19.6 Å². The van der Waals surface area contributed by atoms with Crippen LogP contribution in [0.15, 0.2) is 42.7 Å².